The minimum absolute atomic E-state index is 0.313. The predicted molar refractivity (Wildman–Crippen MR) is 76.1 cm³/mol. The van der Waals surface area contributed by atoms with Gasteiger partial charge in [0, 0.05) is 24.4 Å². The number of aryl methyl sites for hydroxylation is 2. The first-order valence-electron chi connectivity index (χ1n) is 7.24. The molecule has 19 heavy (non-hydrogen) atoms. The van der Waals surface area contributed by atoms with Gasteiger partial charge in [-0.15, -0.1) is 0 Å². The van der Waals surface area contributed by atoms with E-state index in [-0.39, 0.29) is 0 Å². The summed E-state index contributed by atoms with van der Waals surface area (Å²) in [6.45, 7) is 7.91. The maximum Gasteiger partial charge on any atom is 0.131 e. The number of aromatic nitrogens is 2. The molecule has 4 heteroatoms. The van der Waals surface area contributed by atoms with Crippen molar-refractivity contribution in [2.45, 2.75) is 52.6 Å². The van der Waals surface area contributed by atoms with Crippen LogP contribution in [0.1, 0.15) is 42.5 Å². The average molecular weight is 263 g/mol. The van der Waals surface area contributed by atoms with Crippen molar-refractivity contribution in [1.29, 1.82) is 0 Å². The van der Waals surface area contributed by atoms with Crippen LogP contribution in [0.5, 0.6) is 0 Å². The van der Waals surface area contributed by atoms with Gasteiger partial charge in [-0.3, -0.25) is 0 Å². The third kappa shape index (κ3) is 3.74. The van der Waals surface area contributed by atoms with Crippen LogP contribution in [-0.4, -0.2) is 29.2 Å². The van der Waals surface area contributed by atoms with E-state index in [9.17, 15) is 0 Å². The number of ether oxygens (including phenoxy) is 1. The highest BCUT2D eigenvalue weighted by Gasteiger charge is 2.19. The summed E-state index contributed by atoms with van der Waals surface area (Å²) in [5.74, 6) is 1.40. The fraction of sp³-hybridized carbons (Fsp3) is 0.733. The van der Waals surface area contributed by atoms with Crippen LogP contribution < -0.4 is 5.73 Å². The quantitative estimate of drug-likeness (QED) is 0.882. The normalized spacial score (nSPS) is 20.7. The molecule has 2 unspecified atom stereocenters. The molecule has 0 saturated carbocycles. The van der Waals surface area contributed by atoms with Crippen LogP contribution in [0, 0.1) is 19.8 Å². The Morgan fingerprint density at radius 1 is 1.32 bits per heavy atom. The molecule has 1 aromatic heterocycles. The van der Waals surface area contributed by atoms with Crippen LogP contribution in [0.3, 0.4) is 0 Å². The Balaban J connectivity index is 2.11. The van der Waals surface area contributed by atoms with E-state index in [1.165, 1.54) is 5.56 Å². The van der Waals surface area contributed by atoms with Crippen LogP contribution in [0.15, 0.2) is 0 Å². The Bertz CT molecular complexity index is 404. The van der Waals surface area contributed by atoms with Crippen molar-refractivity contribution in [1.82, 2.24) is 9.97 Å². The van der Waals surface area contributed by atoms with Crippen LogP contribution in [0.2, 0.25) is 0 Å². The summed E-state index contributed by atoms with van der Waals surface area (Å²) in [6, 6.07) is 0. The maximum atomic E-state index is 5.70. The minimum atomic E-state index is 0.313. The van der Waals surface area contributed by atoms with Crippen LogP contribution in [0.25, 0.3) is 0 Å². The SMILES string of the molecule is Cc1nc(CC2CCCO2)nc(C)c1CC(C)CN. The van der Waals surface area contributed by atoms with Gasteiger partial charge in [-0.1, -0.05) is 6.92 Å². The molecular formula is C15H25N3O. The molecule has 2 rings (SSSR count). The first kappa shape index (κ1) is 14.4. The summed E-state index contributed by atoms with van der Waals surface area (Å²) >= 11 is 0. The molecule has 4 nitrogen and oxygen atoms in total. The Morgan fingerprint density at radius 2 is 2.00 bits per heavy atom. The van der Waals surface area contributed by atoms with Gasteiger partial charge in [0.15, 0.2) is 0 Å². The molecule has 2 atom stereocenters. The first-order valence-corrected chi connectivity index (χ1v) is 7.24. The van der Waals surface area contributed by atoms with Crippen LogP contribution in [-0.2, 0) is 17.6 Å². The second kappa shape index (κ2) is 6.44. The molecule has 1 aliphatic rings. The van der Waals surface area contributed by atoms with Crippen molar-refractivity contribution < 1.29 is 4.74 Å². The number of hydrogen-bond acceptors (Lipinski definition) is 4. The summed E-state index contributed by atoms with van der Waals surface area (Å²) in [4.78, 5) is 9.31. The van der Waals surface area contributed by atoms with E-state index in [4.69, 9.17) is 10.5 Å². The summed E-state index contributed by atoms with van der Waals surface area (Å²) < 4.78 is 5.65. The number of nitrogens with zero attached hydrogens (tertiary/aromatic N) is 2. The standard InChI is InChI=1S/C15H25N3O/c1-10(9-16)7-14-11(2)17-15(18-12(14)3)8-13-5-4-6-19-13/h10,13H,4-9,16H2,1-3H3. The van der Waals surface area contributed by atoms with Gasteiger partial charge in [-0.25, -0.2) is 9.97 Å². The lowest BCUT2D eigenvalue weighted by Crippen LogP contribution is -2.17. The van der Waals surface area contributed by atoms with Gasteiger partial charge >= 0.3 is 0 Å². The van der Waals surface area contributed by atoms with E-state index in [1.54, 1.807) is 0 Å². The number of hydrogen-bond donors (Lipinski definition) is 1. The summed E-state index contributed by atoms with van der Waals surface area (Å²) in [6.07, 6.45) is 4.41. The topological polar surface area (TPSA) is 61.0 Å². The fourth-order valence-electron chi connectivity index (χ4n) is 2.64. The molecule has 0 aromatic carbocycles. The zero-order valence-electron chi connectivity index (χ0n) is 12.3. The van der Waals surface area contributed by atoms with Crippen molar-refractivity contribution in [3.63, 3.8) is 0 Å². The van der Waals surface area contributed by atoms with Crippen molar-refractivity contribution in [2.75, 3.05) is 13.2 Å². The minimum Gasteiger partial charge on any atom is -0.378 e. The smallest absolute Gasteiger partial charge is 0.131 e. The monoisotopic (exact) mass is 263 g/mol. The molecule has 106 valence electrons. The van der Waals surface area contributed by atoms with E-state index in [0.29, 0.717) is 18.6 Å². The lowest BCUT2D eigenvalue weighted by Gasteiger charge is -2.15. The van der Waals surface area contributed by atoms with Gasteiger partial charge in [0.2, 0.25) is 0 Å². The highest BCUT2D eigenvalue weighted by molar-refractivity contribution is 5.25. The Kier molecular flexibility index (Phi) is 4.88. The number of nitrogens with two attached hydrogens (primary N) is 1. The zero-order chi connectivity index (χ0) is 13.8. The van der Waals surface area contributed by atoms with Gasteiger partial charge in [-0.05, 0) is 51.1 Å². The second-order valence-corrected chi connectivity index (χ2v) is 5.67. The Labute approximate surface area is 115 Å². The third-order valence-electron chi connectivity index (χ3n) is 3.86. The van der Waals surface area contributed by atoms with E-state index in [0.717, 1.165) is 49.5 Å². The third-order valence-corrected chi connectivity index (χ3v) is 3.86. The first-order chi connectivity index (χ1) is 9.10. The molecule has 2 heterocycles. The van der Waals surface area contributed by atoms with Gasteiger partial charge < -0.3 is 10.5 Å². The van der Waals surface area contributed by atoms with Crippen molar-refractivity contribution >= 4 is 0 Å². The number of rotatable bonds is 5. The van der Waals surface area contributed by atoms with E-state index in [2.05, 4.69) is 30.7 Å². The summed E-state index contributed by atoms with van der Waals surface area (Å²) in [7, 11) is 0. The average Bonchev–Trinajstić information content (AvgIpc) is 2.86. The molecule has 0 radical (unpaired) electrons. The predicted octanol–water partition coefficient (Wildman–Crippen LogP) is 1.95. The van der Waals surface area contributed by atoms with Crippen molar-refractivity contribution in [3.05, 3.63) is 22.8 Å². The lowest BCUT2D eigenvalue weighted by atomic mass is 9.99. The molecule has 1 fully saturated rings. The Hall–Kier alpha value is -1.00. The van der Waals surface area contributed by atoms with E-state index >= 15 is 0 Å². The van der Waals surface area contributed by atoms with E-state index < -0.39 is 0 Å². The highest BCUT2D eigenvalue weighted by Crippen LogP contribution is 2.19. The molecular weight excluding hydrogens is 238 g/mol. The van der Waals surface area contributed by atoms with Crippen molar-refractivity contribution in [3.8, 4) is 0 Å². The molecule has 0 bridgehead atoms. The molecule has 0 amide bonds. The summed E-state index contributed by atoms with van der Waals surface area (Å²) in [5.41, 5.74) is 9.16. The van der Waals surface area contributed by atoms with Gasteiger partial charge in [0.05, 0.1) is 6.10 Å². The molecule has 0 aliphatic carbocycles. The summed E-state index contributed by atoms with van der Waals surface area (Å²) in [5, 5.41) is 0. The van der Waals surface area contributed by atoms with Crippen LogP contribution >= 0.6 is 0 Å². The molecule has 1 aliphatic heterocycles. The van der Waals surface area contributed by atoms with Gasteiger partial charge in [-0.2, -0.15) is 0 Å². The molecule has 1 aromatic rings. The largest absolute Gasteiger partial charge is 0.378 e. The molecule has 1 saturated heterocycles. The second-order valence-electron chi connectivity index (χ2n) is 5.67. The van der Waals surface area contributed by atoms with E-state index in [1.807, 2.05) is 0 Å². The fourth-order valence-corrected chi connectivity index (χ4v) is 2.64. The highest BCUT2D eigenvalue weighted by atomic mass is 16.5. The lowest BCUT2D eigenvalue weighted by molar-refractivity contribution is 0.110. The zero-order valence-corrected chi connectivity index (χ0v) is 12.3. The van der Waals surface area contributed by atoms with Crippen molar-refractivity contribution in [2.24, 2.45) is 11.7 Å². The van der Waals surface area contributed by atoms with Gasteiger partial charge in [0.1, 0.15) is 5.82 Å². The Morgan fingerprint density at radius 3 is 2.53 bits per heavy atom. The molecule has 0 spiro atoms. The molecule has 2 N–H and O–H groups in total. The van der Waals surface area contributed by atoms with Gasteiger partial charge in [0.25, 0.3) is 0 Å². The maximum absolute atomic E-state index is 5.70. The van der Waals surface area contributed by atoms with Crippen LogP contribution in [0.4, 0.5) is 0 Å².